The highest BCUT2D eigenvalue weighted by Gasteiger charge is 2.15. The molecule has 2 aromatic rings. The number of hydrogen-bond acceptors (Lipinski definition) is 7. The topological polar surface area (TPSA) is 116 Å². The van der Waals surface area contributed by atoms with Crippen molar-refractivity contribution < 1.29 is 29.0 Å². The smallest absolute Gasteiger partial charge is 0.338 e. The number of carbonyl (C=O) groups is 3. The van der Waals surface area contributed by atoms with Crippen LogP contribution in [0.4, 0.5) is 5.69 Å². The predicted octanol–water partition coefficient (Wildman–Crippen LogP) is 6.10. The molecule has 0 heterocycles. The number of thioether (sulfide) groups is 1. The molecule has 2 aromatic carbocycles. The van der Waals surface area contributed by atoms with Crippen LogP contribution < -0.4 is 5.73 Å². The van der Waals surface area contributed by atoms with Crippen molar-refractivity contribution in [1.29, 1.82) is 0 Å². The number of carboxylic acid groups (broad SMARTS) is 1. The van der Waals surface area contributed by atoms with Gasteiger partial charge in [-0.25, -0.2) is 9.59 Å². The minimum absolute atomic E-state index is 0.155. The van der Waals surface area contributed by atoms with E-state index in [1.54, 1.807) is 13.8 Å². The number of rotatable bonds is 7. The maximum absolute atomic E-state index is 11.5. The van der Waals surface area contributed by atoms with Crippen molar-refractivity contribution in [2.45, 2.75) is 18.7 Å². The largest absolute Gasteiger partial charge is 0.481 e. The van der Waals surface area contributed by atoms with Crippen LogP contribution in [0.15, 0.2) is 29.2 Å². The third-order valence-corrected chi connectivity index (χ3v) is 6.01. The van der Waals surface area contributed by atoms with Crippen molar-refractivity contribution >= 4 is 81.8 Å². The summed E-state index contributed by atoms with van der Waals surface area (Å²) in [6.45, 7) is 3.97. The van der Waals surface area contributed by atoms with Gasteiger partial charge in [-0.05, 0) is 38.1 Å². The van der Waals surface area contributed by atoms with Crippen molar-refractivity contribution in [3.63, 3.8) is 0 Å². The molecule has 3 N–H and O–H groups in total. The van der Waals surface area contributed by atoms with Gasteiger partial charge in [0.1, 0.15) is 0 Å². The fraction of sp³-hybridized carbons (Fsp3) is 0.250. The molecule has 2 rings (SSSR count). The van der Waals surface area contributed by atoms with E-state index in [0.717, 1.165) is 11.8 Å². The molecule has 0 fully saturated rings. The van der Waals surface area contributed by atoms with Crippen LogP contribution >= 0.6 is 58.2 Å². The van der Waals surface area contributed by atoms with E-state index in [1.165, 1.54) is 24.3 Å². The van der Waals surface area contributed by atoms with Gasteiger partial charge in [-0.1, -0.05) is 46.4 Å². The summed E-state index contributed by atoms with van der Waals surface area (Å²) in [4.78, 5) is 33.7. The summed E-state index contributed by atoms with van der Waals surface area (Å²) in [6, 6.07) is 5.69. The van der Waals surface area contributed by atoms with Crippen LogP contribution in [0.2, 0.25) is 20.1 Å². The second-order valence-electron chi connectivity index (χ2n) is 5.75. The highest BCUT2D eigenvalue weighted by Crippen LogP contribution is 2.35. The zero-order chi connectivity index (χ0) is 24.4. The Bertz CT molecular complexity index is 956. The summed E-state index contributed by atoms with van der Waals surface area (Å²) in [5, 5.41) is 9.56. The monoisotopic (exact) mass is 541 g/mol. The zero-order valence-electron chi connectivity index (χ0n) is 16.9. The highest BCUT2D eigenvalue weighted by molar-refractivity contribution is 8.00. The first-order chi connectivity index (χ1) is 15.0. The molecule has 0 atom stereocenters. The van der Waals surface area contributed by atoms with Crippen LogP contribution in [-0.4, -0.2) is 42.0 Å². The summed E-state index contributed by atoms with van der Waals surface area (Å²) in [6.07, 6.45) is 0. The van der Waals surface area contributed by atoms with Gasteiger partial charge in [-0.3, -0.25) is 4.79 Å². The summed E-state index contributed by atoms with van der Waals surface area (Å²) < 4.78 is 9.60. The Morgan fingerprint density at radius 3 is 1.56 bits per heavy atom. The van der Waals surface area contributed by atoms with Gasteiger partial charge >= 0.3 is 17.9 Å². The van der Waals surface area contributed by atoms with Crippen LogP contribution in [0.3, 0.4) is 0 Å². The van der Waals surface area contributed by atoms with Gasteiger partial charge in [-0.2, -0.15) is 0 Å². The lowest BCUT2D eigenvalue weighted by Crippen LogP contribution is -2.05. The van der Waals surface area contributed by atoms with Crippen molar-refractivity contribution in [1.82, 2.24) is 0 Å². The molecular formula is C20H19Cl4NO6S. The lowest BCUT2D eigenvalue weighted by molar-refractivity contribution is -0.133. The number of carbonyl (C=O) groups excluding carboxylic acids is 2. The van der Waals surface area contributed by atoms with E-state index >= 15 is 0 Å². The Morgan fingerprint density at radius 2 is 1.22 bits per heavy atom. The number of nitrogens with two attached hydrogens (primary N) is 1. The molecule has 0 aliphatic carbocycles. The molecule has 0 aliphatic heterocycles. The van der Waals surface area contributed by atoms with Crippen LogP contribution in [0, 0.1) is 0 Å². The van der Waals surface area contributed by atoms with Crippen LogP contribution in [0.1, 0.15) is 34.6 Å². The maximum Gasteiger partial charge on any atom is 0.338 e. The van der Waals surface area contributed by atoms with Crippen molar-refractivity contribution in [3.8, 4) is 0 Å². The van der Waals surface area contributed by atoms with Gasteiger partial charge in [0.15, 0.2) is 0 Å². The van der Waals surface area contributed by atoms with E-state index in [2.05, 4.69) is 0 Å². The Morgan fingerprint density at radius 1 is 0.844 bits per heavy atom. The van der Waals surface area contributed by atoms with E-state index in [0.29, 0.717) is 17.1 Å². The van der Waals surface area contributed by atoms with Gasteiger partial charge in [0.2, 0.25) is 0 Å². The van der Waals surface area contributed by atoms with Gasteiger partial charge < -0.3 is 20.3 Å². The minimum Gasteiger partial charge on any atom is -0.481 e. The van der Waals surface area contributed by atoms with Crippen molar-refractivity contribution in [2.75, 3.05) is 24.7 Å². The van der Waals surface area contributed by atoms with Gasteiger partial charge in [-0.15, -0.1) is 11.8 Å². The second kappa shape index (κ2) is 13.6. The number of hydrogen-bond donors (Lipinski definition) is 2. The minimum atomic E-state index is -0.971. The highest BCUT2D eigenvalue weighted by atomic mass is 35.5. The summed E-state index contributed by atoms with van der Waals surface area (Å²) >= 11 is 24.4. The number of anilines is 1. The van der Waals surface area contributed by atoms with E-state index in [4.69, 9.17) is 66.7 Å². The third kappa shape index (κ3) is 8.60. The van der Waals surface area contributed by atoms with Gasteiger partial charge in [0.25, 0.3) is 0 Å². The summed E-state index contributed by atoms with van der Waals surface area (Å²) in [5.41, 5.74) is 6.32. The number of ether oxygens (including phenoxy) is 2. The molecule has 0 radical (unpaired) electrons. The van der Waals surface area contributed by atoms with Gasteiger partial charge in [0, 0.05) is 4.90 Å². The fourth-order valence-corrected chi connectivity index (χ4v) is 4.04. The average Bonchev–Trinajstić information content (AvgIpc) is 2.71. The molecule has 0 aromatic heterocycles. The van der Waals surface area contributed by atoms with Crippen molar-refractivity contribution in [3.05, 3.63) is 55.5 Å². The molecule has 0 amide bonds. The number of halogens is 4. The Kier molecular flexibility index (Phi) is 12.0. The molecule has 32 heavy (non-hydrogen) atoms. The van der Waals surface area contributed by atoms with E-state index < -0.39 is 17.9 Å². The van der Waals surface area contributed by atoms with Crippen LogP contribution in [0.25, 0.3) is 0 Å². The fourth-order valence-electron chi connectivity index (χ4n) is 2.08. The molecule has 174 valence electrons. The van der Waals surface area contributed by atoms with Crippen LogP contribution in [0.5, 0.6) is 0 Å². The predicted molar refractivity (Wildman–Crippen MR) is 128 cm³/mol. The normalized spacial score (nSPS) is 10.1. The number of carboxylic acids is 1. The summed E-state index contributed by atoms with van der Waals surface area (Å²) in [7, 11) is 0. The molecule has 0 unspecified atom stereocenters. The lowest BCUT2D eigenvalue weighted by Gasteiger charge is -2.08. The standard InChI is InChI=1S/C11H10Cl2O4S.C9H9Cl2NO2/c1-2-17-11(16)6-3-7(12)10(8(13)4-6)18-5-9(14)15;1-2-14-9(13)5-3-6(10)8(12)7(11)4-5/h3-4H,2,5H2,1H3,(H,14,15);3-4H,2,12H2,1H3. The molecule has 7 nitrogen and oxygen atoms in total. The number of aliphatic carboxylic acids is 1. The molecule has 0 saturated heterocycles. The van der Waals surface area contributed by atoms with Crippen LogP contribution in [-0.2, 0) is 14.3 Å². The lowest BCUT2D eigenvalue weighted by atomic mass is 10.2. The third-order valence-electron chi connectivity index (χ3n) is 3.44. The summed E-state index contributed by atoms with van der Waals surface area (Å²) in [5.74, 6) is -2.10. The second-order valence-corrected chi connectivity index (χ2v) is 8.36. The first-order valence-electron chi connectivity index (χ1n) is 8.94. The SMILES string of the molecule is CCOC(=O)c1cc(Cl)c(N)c(Cl)c1.CCOC(=O)c1cc(Cl)c(SCC(=O)O)c(Cl)c1. The maximum atomic E-state index is 11.5. The Hall–Kier alpha value is -1.84. The molecule has 0 aliphatic rings. The van der Waals surface area contributed by atoms with Gasteiger partial charge in [0.05, 0.1) is 55.9 Å². The molecule has 0 bridgehead atoms. The molecule has 0 saturated carbocycles. The molecule has 12 heteroatoms. The molecule has 0 spiro atoms. The Labute approximate surface area is 209 Å². The van der Waals surface area contributed by atoms with E-state index in [9.17, 15) is 14.4 Å². The molecular weight excluding hydrogens is 524 g/mol. The number of benzene rings is 2. The average molecular weight is 543 g/mol. The zero-order valence-corrected chi connectivity index (χ0v) is 20.8. The Balaban J connectivity index is 0.000000330. The van der Waals surface area contributed by atoms with E-state index in [-0.39, 0.29) is 43.7 Å². The quantitative estimate of drug-likeness (QED) is 0.245. The van der Waals surface area contributed by atoms with Crippen molar-refractivity contribution in [2.24, 2.45) is 0 Å². The number of nitrogen functional groups attached to an aromatic ring is 1. The van der Waals surface area contributed by atoms with E-state index in [1.807, 2.05) is 0 Å². The first-order valence-corrected chi connectivity index (χ1v) is 11.4. The first kappa shape index (κ1) is 28.2. The number of esters is 2.